The third kappa shape index (κ3) is 3.77. The highest BCUT2D eigenvalue weighted by atomic mass is 35.5. The van der Waals surface area contributed by atoms with E-state index in [9.17, 15) is 4.79 Å². The zero-order valence-corrected chi connectivity index (χ0v) is 17.8. The lowest BCUT2D eigenvalue weighted by Crippen LogP contribution is -2.20. The van der Waals surface area contributed by atoms with E-state index in [0.29, 0.717) is 16.3 Å². The first-order valence-electron chi connectivity index (χ1n) is 10.2. The van der Waals surface area contributed by atoms with Gasteiger partial charge in [-0.1, -0.05) is 90.5 Å². The van der Waals surface area contributed by atoms with E-state index in [1.165, 1.54) is 0 Å². The Bertz CT molecular complexity index is 1300. The van der Waals surface area contributed by atoms with Gasteiger partial charge in [0.2, 0.25) is 0 Å². The minimum absolute atomic E-state index is 0.263. The number of nitrogens with one attached hydrogen (secondary N) is 1. The Morgan fingerprint density at radius 2 is 1.31 bits per heavy atom. The predicted molar refractivity (Wildman–Crippen MR) is 127 cm³/mol. The van der Waals surface area contributed by atoms with Gasteiger partial charge in [0.1, 0.15) is 12.4 Å². The van der Waals surface area contributed by atoms with Gasteiger partial charge in [-0.3, -0.25) is 4.79 Å². The molecule has 5 heteroatoms. The summed E-state index contributed by atoms with van der Waals surface area (Å²) in [7, 11) is 0. The van der Waals surface area contributed by atoms with Crippen molar-refractivity contribution in [2.75, 3.05) is 0 Å². The number of fused-ring (bicyclic) bond motifs is 3. The highest BCUT2D eigenvalue weighted by Crippen LogP contribution is 2.36. The van der Waals surface area contributed by atoms with E-state index in [-0.39, 0.29) is 12.5 Å². The molecule has 1 aliphatic carbocycles. The van der Waals surface area contributed by atoms with E-state index in [2.05, 4.69) is 22.7 Å². The van der Waals surface area contributed by atoms with Crippen molar-refractivity contribution in [3.05, 3.63) is 124 Å². The van der Waals surface area contributed by atoms with E-state index < -0.39 is 0 Å². The zero-order valence-electron chi connectivity index (χ0n) is 17.1. The molecule has 0 heterocycles. The van der Waals surface area contributed by atoms with Crippen LogP contribution in [0.4, 0.5) is 0 Å². The maximum Gasteiger partial charge on any atom is 0.275 e. The summed E-state index contributed by atoms with van der Waals surface area (Å²) in [5.41, 5.74) is 8.94. The Balaban J connectivity index is 1.40. The number of carbonyl (C=O) groups is 1. The number of carbonyl (C=O) groups excluding carboxylic acids is 1. The fraction of sp³-hybridized carbons (Fsp3) is 0.0370. The molecule has 0 unspecified atom stereocenters. The Morgan fingerprint density at radius 3 is 2.00 bits per heavy atom. The predicted octanol–water partition coefficient (Wildman–Crippen LogP) is 6.08. The molecule has 1 aliphatic rings. The van der Waals surface area contributed by atoms with Crippen molar-refractivity contribution in [1.82, 2.24) is 5.43 Å². The second-order valence-corrected chi connectivity index (χ2v) is 7.78. The summed E-state index contributed by atoms with van der Waals surface area (Å²) in [6.45, 7) is 0.263. The van der Waals surface area contributed by atoms with Gasteiger partial charge in [-0.15, -0.1) is 0 Å². The van der Waals surface area contributed by atoms with Crippen molar-refractivity contribution in [2.45, 2.75) is 6.61 Å². The third-order valence-corrected chi connectivity index (χ3v) is 5.77. The van der Waals surface area contributed by atoms with Gasteiger partial charge in [0.15, 0.2) is 0 Å². The number of ether oxygens (including phenoxy) is 1. The standard InChI is InChI=1S/C27H19ClN2O2/c28-24-15-7-1-9-18(24)17-32-25-16-8-6-14-23(25)27(31)30-29-26-21-12-4-2-10-19(21)20-11-3-5-13-22(20)26/h1-16H,17H2,(H,30,31). The summed E-state index contributed by atoms with van der Waals surface area (Å²) in [4.78, 5) is 13.0. The van der Waals surface area contributed by atoms with E-state index >= 15 is 0 Å². The highest BCUT2D eigenvalue weighted by Gasteiger charge is 2.24. The summed E-state index contributed by atoms with van der Waals surface area (Å²) in [6.07, 6.45) is 0. The molecule has 4 aromatic carbocycles. The summed E-state index contributed by atoms with van der Waals surface area (Å²) in [5, 5.41) is 5.12. The molecule has 0 atom stereocenters. The molecule has 0 saturated carbocycles. The van der Waals surface area contributed by atoms with Crippen LogP contribution in [0.25, 0.3) is 11.1 Å². The number of benzene rings is 4. The lowest BCUT2D eigenvalue weighted by molar-refractivity contribution is 0.0950. The van der Waals surface area contributed by atoms with Crippen LogP contribution in [0, 0.1) is 0 Å². The summed E-state index contributed by atoms with van der Waals surface area (Å²) in [6, 6.07) is 30.7. The number of hydrogen-bond acceptors (Lipinski definition) is 3. The van der Waals surface area contributed by atoms with E-state index in [1.54, 1.807) is 18.2 Å². The molecule has 1 amide bonds. The number of rotatable bonds is 5. The minimum Gasteiger partial charge on any atom is -0.488 e. The molecule has 32 heavy (non-hydrogen) atoms. The zero-order chi connectivity index (χ0) is 21.9. The van der Waals surface area contributed by atoms with Crippen LogP contribution in [0.3, 0.4) is 0 Å². The number of hydrazone groups is 1. The quantitative estimate of drug-likeness (QED) is 0.338. The van der Waals surface area contributed by atoms with Crippen LogP contribution >= 0.6 is 11.6 Å². The molecular weight excluding hydrogens is 420 g/mol. The Morgan fingerprint density at radius 1 is 0.750 bits per heavy atom. The number of hydrogen-bond donors (Lipinski definition) is 1. The Hall–Kier alpha value is -3.89. The SMILES string of the molecule is O=C(NN=C1c2ccccc2-c2ccccc21)c1ccccc1OCc1ccccc1Cl. The fourth-order valence-electron chi connectivity index (χ4n) is 3.83. The maximum absolute atomic E-state index is 13.0. The smallest absolute Gasteiger partial charge is 0.275 e. The lowest BCUT2D eigenvalue weighted by Gasteiger charge is -2.11. The van der Waals surface area contributed by atoms with Crippen LogP contribution < -0.4 is 10.2 Å². The van der Waals surface area contributed by atoms with Crippen molar-refractivity contribution in [2.24, 2.45) is 5.10 Å². The van der Waals surface area contributed by atoms with Crippen molar-refractivity contribution >= 4 is 23.2 Å². The largest absolute Gasteiger partial charge is 0.488 e. The average molecular weight is 439 g/mol. The minimum atomic E-state index is -0.339. The lowest BCUT2D eigenvalue weighted by atomic mass is 10.1. The molecule has 0 fully saturated rings. The number of amides is 1. The van der Waals surface area contributed by atoms with Crippen LogP contribution in [0.15, 0.2) is 102 Å². The van der Waals surface area contributed by atoms with Crippen LogP contribution in [0.1, 0.15) is 27.0 Å². The fourth-order valence-corrected chi connectivity index (χ4v) is 4.02. The van der Waals surface area contributed by atoms with Gasteiger partial charge >= 0.3 is 0 Å². The molecule has 156 valence electrons. The van der Waals surface area contributed by atoms with Crippen molar-refractivity contribution in [1.29, 1.82) is 0 Å². The van der Waals surface area contributed by atoms with Crippen LogP contribution in [-0.2, 0) is 6.61 Å². The molecule has 0 spiro atoms. The van der Waals surface area contributed by atoms with Crippen molar-refractivity contribution in [3.63, 3.8) is 0 Å². The van der Waals surface area contributed by atoms with Gasteiger partial charge in [0, 0.05) is 21.7 Å². The molecule has 5 rings (SSSR count). The molecule has 0 aliphatic heterocycles. The van der Waals surface area contributed by atoms with Crippen molar-refractivity contribution in [3.8, 4) is 16.9 Å². The van der Waals surface area contributed by atoms with E-state index in [0.717, 1.165) is 33.5 Å². The van der Waals surface area contributed by atoms with Gasteiger partial charge in [-0.25, -0.2) is 5.43 Å². The number of halogens is 1. The third-order valence-electron chi connectivity index (χ3n) is 5.40. The van der Waals surface area contributed by atoms with Crippen LogP contribution in [-0.4, -0.2) is 11.6 Å². The monoisotopic (exact) mass is 438 g/mol. The van der Waals surface area contributed by atoms with Crippen LogP contribution in [0.2, 0.25) is 5.02 Å². The van der Waals surface area contributed by atoms with Crippen molar-refractivity contribution < 1.29 is 9.53 Å². The molecule has 0 bridgehead atoms. The van der Waals surface area contributed by atoms with E-state index in [4.69, 9.17) is 16.3 Å². The van der Waals surface area contributed by atoms with Gasteiger partial charge in [0.05, 0.1) is 11.3 Å². The molecule has 4 nitrogen and oxygen atoms in total. The highest BCUT2D eigenvalue weighted by molar-refractivity contribution is 6.31. The Kier molecular flexibility index (Phi) is 5.44. The molecule has 0 aromatic heterocycles. The van der Waals surface area contributed by atoms with Gasteiger partial charge < -0.3 is 4.74 Å². The van der Waals surface area contributed by atoms with E-state index in [1.807, 2.05) is 66.7 Å². The van der Waals surface area contributed by atoms with Gasteiger partial charge in [0.25, 0.3) is 5.91 Å². The molecule has 0 saturated heterocycles. The van der Waals surface area contributed by atoms with Gasteiger partial charge in [-0.05, 0) is 29.3 Å². The summed E-state index contributed by atoms with van der Waals surface area (Å²) in [5.74, 6) is 0.131. The topological polar surface area (TPSA) is 50.7 Å². The number of nitrogens with zero attached hydrogens (tertiary/aromatic N) is 1. The summed E-state index contributed by atoms with van der Waals surface area (Å²) >= 11 is 6.22. The molecule has 4 aromatic rings. The second-order valence-electron chi connectivity index (χ2n) is 7.37. The maximum atomic E-state index is 13.0. The summed E-state index contributed by atoms with van der Waals surface area (Å²) < 4.78 is 5.92. The molecule has 1 N–H and O–H groups in total. The Labute approximate surface area is 191 Å². The first-order chi connectivity index (χ1) is 15.7. The number of para-hydroxylation sites is 1. The normalized spacial score (nSPS) is 11.5. The molecule has 0 radical (unpaired) electrons. The van der Waals surface area contributed by atoms with Crippen LogP contribution in [0.5, 0.6) is 5.75 Å². The second kappa shape index (κ2) is 8.69. The first kappa shape index (κ1) is 20.0. The first-order valence-corrected chi connectivity index (χ1v) is 10.6. The molecular formula is C27H19ClN2O2. The average Bonchev–Trinajstić information content (AvgIpc) is 3.16. The van der Waals surface area contributed by atoms with Gasteiger partial charge in [-0.2, -0.15) is 5.10 Å².